The van der Waals surface area contributed by atoms with Crippen molar-refractivity contribution in [1.29, 1.82) is 0 Å². The molecule has 64 heavy (non-hydrogen) atoms. The molecule has 1 aromatic carbocycles. The van der Waals surface area contributed by atoms with Crippen LogP contribution in [0.15, 0.2) is 23.6 Å². The molecule has 1 unspecified atom stereocenters. The minimum atomic E-state index is -1.12. The minimum absolute atomic E-state index is 0.0518. The second-order valence-electron chi connectivity index (χ2n) is 19.5. The summed E-state index contributed by atoms with van der Waals surface area (Å²) in [5.41, 5.74) is 0.498. The molecule has 0 radical (unpaired) electrons. The summed E-state index contributed by atoms with van der Waals surface area (Å²) in [5.74, 6) is -0.363. The first kappa shape index (κ1) is 45.1. The summed E-state index contributed by atoms with van der Waals surface area (Å²) in [6, 6.07) is 4.77. The molecule has 16 heteroatoms. The van der Waals surface area contributed by atoms with Crippen LogP contribution in [0.2, 0.25) is 5.02 Å². The van der Waals surface area contributed by atoms with Crippen LogP contribution < -0.4 is 14.8 Å². The van der Waals surface area contributed by atoms with Gasteiger partial charge >= 0.3 is 11.9 Å². The number of aromatic nitrogens is 2. The van der Waals surface area contributed by atoms with Crippen LogP contribution in [-0.4, -0.2) is 119 Å². The number of rotatable bonds is 13. The van der Waals surface area contributed by atoms with E-state index in [1.165, 1.54) is 17.8 Å². The molecule has 5 heterocycles. The number of esters is 1. The number of aliphatic carboxylic acids is 1. The highest BCUT2D eigenvalue weighted by atomic mass is 35.5. The van der Waals surface area contributed by atoms with Crippen molar-refractivity contribution in [3.05, 3.63) is 28.6 Å². The predicted octanol–water partition coefficient (Wildman–Crippen LogP) is 8.03. The van der Waals surface area contributed by atoms with Crippen LogP contribution in [0.3, 0.4) is 0 Å². The number of hydrogen-bond donors (Lipinski definition) is 2. The van der Waals surface area contributed by atoms with Gasteiger partial charge in [-0.3, -0.25) is 24.1 Å². The Bertz CT molecular complexity index is 2210. The molecule has 6 aliphatic rings. The first-order valence-corrected chi connectivity index (χ1v) is 24.9. The van der Waals surface area contributed by atoms with E-state index in [1.54, 1.807) is 4.90 Å². The Morgan fingerprint density at radius 3 is 2.52 bits per heavy atom. The van der Waals surface area contributed by atoms with Crippen LogP contribution in [-0.2, 0) is 28.7 Å². The number of halogens is 1. The SMILES string of the molecule is CC(C)Nc1nc(-c2cc(O[C@@H]3C[C@H]4C(=O)C[C@]5(C(=O)O)C[C@H]5CCCCCCC[C@H](CC(=O)OC5C[C@@H]6C[C@@H]6C5)C(=O)N4C3)c3ccc(OCCN4CCOCC4)c(Cl)c3n2)cs1. The monoisotopic (exact) mass is 919 g/mol. The molecule has 346 valence electrons. The van der Waals surface area contributed by atoms with E-state index in [-0.39, 0.29) is 61.5 Å². The van der Waals surface area contributed by atoms with Crippen molar-refractivity contribution in [2.24, 2.45) is 29.1 Å². The highest BCUT2D eigenvalue weighted by molar-refractivity contribution is 7.14. The highest BCUT2D eigenvalue weighted by Gasteiger charge is 2.61. The molecule has 14 nitrogen and oxygen atoms in total. The highest BCUT2D eigenvalue weighted by Crippen LogP contribution is 2.58. The Morgan fingerprint density at radius 1 is 0.984 bits per heavy atom. The Morgan fingerprint density at radius 2 is 1.75 bits per heavy atom. The molecule has 8 atom stereocenters. The lowest BCUT2D eigenvalue weighted by molar-refractivity contribution is -0.154. The maximum absolute atomic E-state index is 14.9. The van der Waals surface area contributed by atoms with Gasteiger partial charge in [0.05, 0.1) is 48.8 Å². The Labute approximate surface area is 384 Å². The number of pyridine rings is 1. The zero-order valence-electron chi connectivity index (χ0n) is 37.1. The summed E-state index contributed by atoms with van der Waals surface area (Å²) in [5, 5.41) is 17.5. The zero-order valence-corrected chi connectivity index (χ0v) is 38.6. The van der Waals surface area contributed by atoms with E-state index in [2.05, 4.69) is 10.2 Å². The topological polar surface area (TPSA) is 170 Å². The molecule has 3 saturated carbocycles. The molecule has 0 bridgehead atoms. The van der Waals surface area contributed by atoms with Crippen LogP contribution >= 0.6 is 22.9 Å². The minimum Gasteiger partial charge on any atom is -0.491 e. The van der Waals surface area contributed by atoms with E-state index in [1.807, 2.05) is 37.4 Å². The number of hydrogen-bond acceptors (Lipinski definition) is 13. The fraction of sp³-hybridized carbons (Fsp3) is 0.667. The number of nitrogens with zero attached hydrogens (tertiary/aromatic N) is 4. The fourth-order valence-electron chi connectivity index (χ4n) is 10.8. The van der Waals surface area contributed by atoms with E-state index in [0.717, 1.165) is 76.1 Å². The van der Waals surface area contributed by atoms with Gasteiger partial charge < -0.3 is 34.3 Å². The number of amides is 1. The number of thiazole rings is 1. The zero-order chi connectivity index (χ0) is 44.5. The largest absolute Gasteiger partial charge is 0.491 e. The molecule has 1 amide bonds. The lowest BCUT2D eigenvalue weighted by Crippen LogP contribution is -2.45. The molecule has 6 fully saturated rings. The average Bonchev–Trinajstić information content (AvgIpc) is 3.92. The van der Waals surface area contributed by atoms with Gasteiger partial charge in [-0.1, -0.05) is 43.7 Å². The normalized spacial score (nSPS) is 29.9. The van der Waals surface area contributed by atoms with Gasteiger partial charge in [0.25, 0.3) is 0 Å². The molecule has 3 saturated heterocycles. The maximum atomic E-state index is 14.9. The third-order valence-corrected chi connectivity index (χ3v) is 15.7. The first-order chi connectivity index (χ1) is 30.9. The third kappa shape index (κ3) is 10.2. The van der Waals surface area contributed by atoms with Crippen molar-refractivity contribution < 1.29 is 43.2 Å². The fourth-order valence-corrected chi connectivity index (χ4v) is 11.9. The molecule has 2 N–H and O–H groups in total. The molecule has 2 aromatic heterocycles. The number of carboxylic acids is 1. The van der Waals surface area contributed by atoms with Gasteiger partial charge in [0, 0.05) is 61.3 Å². The number of Topliss-reactive ketones (excluding diaryl/α,β-unsaturated/α-hetero) is 1. The third-order valence-electron chi connectivity index (χ3n) is 14.5. The summed E-state index contributed by atoms with van der Waals surface area (Å²) in [6.07, 6.45) is 8.47. The average molecular weight is 921 g/mol. The van der Waals surface area contributed by atoms with Crippen LogP contribution in [0, 0.1) is 29.1 Å². The number of ketones is 1. The van der Waals surface area contributed by atoms with Crippen molar-refractivity contribution in [2.45, 2.75) is 128 Å². The van der Waals surface area contributed by atoms with Crippen molar-refractivity contribution in [1.82, 2.24) is 19.8 Å². The van der Waals surface area contributed by atoms with Gasteiger partial charge in [0.15, 0.2) is 10.9 Å². The summed E-state index contributed by atoms with van der Waals surface area (Å²) in [4.78, 5) is 69.5. The van der Waals surface area contributed by atoms with Crippen molar-refractivity contribution >= 4 is 62.6 Å². The number of morpholine rings is 1. The molecule has 3 aliphatic heterocycles. The molecule has 3 aliphatic carbocycles. The second kappa shape index (κ2) is 19.4. The number of nitrogens with one attached hydrogen (secondary N) is 1. The molecule has 9 rings (SSSR count). The second-order valence-corrected chi connectivity index (χ2v) is 20.7. The van der Waals surface area contributed by atoms with Crippen LogP contribution in [0.5, 0.6) is 11.5 Å². The first-order valence-electron chi connectivity index (χ1n) is 23.7. The number of carbonyl (C=O) groups is 4. The predicted molar refractivity (Wildman–Crippen MR) is 243 cm³/mol. The Kier molecular flexibility index (Phi) is 13.7. The van der Waals surface area contributed by atoms with Crippen molar-refractivity contribution in [3.63, 3.8) is 0 Å². The molecule has 3 aromatic rings. The lowest BCUT2D eigenvalue weighted by atomic mass is 9.90. The van der Waals surface area contributed by atoms with E-state index in [0.29, 0.717) is 83.3 Å². The summed E-state index contributed by atoms with van der Waals surface area (Å²) in [6.45, 7) is 8.39. The van der Waals surface area contributed by atoms with E-state index in [4.69, 9.17) is 40.5 Å². The van der Waals surface area contributed by atoms with Crippen LogP contribution in [0.25, 0.3) is 22.3 Å². The number of anilines is 1. The van der Waals surface area contributed by atoms with E-state index < -0.39 is 29.4 Å². The molecular formula is C48H62ClN5O9S. The van der Waals surface area contributed by atoms with Gasteiger partial charge in [-0.25, -0.2) is 9.97 Å². The van der Waals surface area contributed by atoms with E-state index >= 15 is 0 Å². The summed E-state index contributed by atoms with van der Waals surface area (Å²) >= 11 is 8.60. The number of carbonyl (C=O) groups excluding carboxylic acids is 3. The van der Waals surface area contributed by atoms with E-state index in [9.17, 15) is 24.3 Å². The Hall–Kier alpha value is -4.05. The van der Waals surface area contributed by atoms with Gasteiger partial charge in [-0.2, -0.15) is 0 Å². The lowest BCUT2D eigenvalue weighted by Gasteiger charge is -2.29. The molecular weight excluding hydrogens is 858 g/mol. The smallest absolute Gasteiger partial charge is 0.310 e. The molecule has 0 spiro atoms. The van der Waals surface area contributed by atoms with Gasteiger partial charge in [0.1, 0.15) is 41.0 Å². The van der Waals surface area contributed by atoms with Gasteiger partial charge in [-0.05, 0) is 82.3 Å². The van der Waals surface area contributed by atoms with Crippen LogP contribution in [0.4, 0.5) is 5.13 Å². The van der Waals surface area contributed by atoms with Crippen molar-refractivity contribution in [2.75, 3.05) is 51.3 Å². The number of benzene rings is 1. The summed E-state index contributed by atoms with van der Waals surface area (Å²) < 4.78 is 24.6. The maximum Gasteiger partial charge on any atom is 0.310 e. The summed E-state index contributed by atoms with van der Waals surface area (Å²) in [7, 11) is 0. The van der Waals surface area contributed by atoms with Crippen molar-refractivity contribution in [3.8, 4) is 22.9 Å². The number of carboxylic acid groups (broad SMARTS) is 1. The standard InChI is InChI=1S/C48H62ClN5O9S/c1-28(2)50-47-52-37(27-64-47)36-23-41(35-10-11-40(43(49)44(35)51-36)61-17-14-53-12-15-60-16-13-53)62-34-22-38-39(55)25-48(46(58)59)24-32(48)9-7-5-3-4-6-8-29(45(57)54(38)26-34)21-42(56)63-33-19-30-18-31(30)20-33/h10-11,23,27-34,38H,3-9,12-22,24-26H2,1-2H3,(H,50,52)(H,58,59)/t29-,30-,31+,32-,33?,34-,38+,48-/m1/s1. The van der Waals surface area contributed by atoms with Gasteiger partial charge in [-0.15, -0.1) is 11.3 Å². The van der Waals surface area contributed by atoms with Crippen LogP contribution in [0.1, 0.15) is 104 Å². The van der Waals surface area contributed by atoms with Gasteiger partial charge in [0.2, 0.25) is 5.91 Å². The number of ether oxygens (including phenoxy) is 4. The quantitative estimate of drug-likeness (QED) is 0.158. The Balaban J connectivity index is 1.01. The number of fused-ring (bicyclic) bond motifs is 4.